The van der Waals surface area contributed by atoms with Crippen LogP contribution in [0.25, 0.3) is 0 Å². The van der Waals surface area contributed by atoms with Gasteiger partial charge in [0.2, 0.25) is 5.91 Å². The standard InChI is InChI=1S/C13H25NO4/c1-11(2)4-5-13(16)14-6-7-17-8-9-18-10-12(3)15/h11H,4-10H2,1-3H3,(H,14,16). The Hall–Kier alpha value is -0.940. The van der Waals surface area contributed by atoms with Gasteiger partial charge < -0.3 is 14.8 Å². The topological polar surface area (TPSA) is 64.6 Å². The number of ether oxygens (including phenoxy) is 2. The molecule has 0 aromatic rings. The van der Waals surface area contributed by atoms with Crippen molar-refractivity contribution in [1.82, 2.24) is 5.32 Å². The maximum atomic E-state index is 11.3. The molecular weight excluding hydrogens is 234 g/mol. The third-order valence-corrected chi connectivity index (χ3v) is 2.19. The minimum absolute atomic E-state index is 0.00687. The molecule has 106 valence electrons. The monoisotopic (exact) mass is 259 g/mol. The summed E-state index contributed by atoms with van der Waals surface area (Å²) in [6.45, 7) is 7.63. The number of carbonyl (C=O) groups is 2. The molecule has 0 saturated carbocycles. The van der Waals surface area contributed by atoms with Crippen LogP contribution in [0.1, 0.15) is 33.6 Å². The summed E-state index contributed by atoms with van der Waals surface area (Å²) in [5, 5.41) is 2.79. The average molecular weight is 259 g/mol. The number of ketones is 1. The van der Waals surface area contributed by atoms with Gasteiger partial charge >= 0.3 is 0 Å². The molecule has 1 N–H and O–H groups in total. The second-order valence-electron chi connectivity index (χ2n) is 4.65. The third-order valence-electron chi connectivity index (χ3n) is 2.19. The average Bonchev–Trinajstić information content (AvgIpc) is 2.29. The molecule has 0 spiro atoms. The Kier molecular flexibility index (Phi) is 10.6. The Bertz CT molecular complexity index is 241. The Morgan fingerprint density at radius 3 is 2.39 bits per heavy atom. The van der Waals surface area contributed by atoms with E-state index in [4.69, 9.17) is 9.47 Å². The highest BCUT2D eigenvalue weighted by Crippen LogP contribution is 2.02. The normalized spacial score (nSPS) is 10.7. The smallest absolute Gasteiger partial charge is 0.220 e. The fourth-order valence-corrected chi connectivity index (χ4v) is 1.21. The van der Waals surface area contributed by atoms with Crippen LogP contribution in [0.4, 0.5) is 0 Å². The van der Waals surface area contributed by atoms with E-state index in [1.54, 1.807) is 0 Å². The van der Waals surface area contributed by atoms with Gasteiger partial charge in [-0.1, -0.05) is 13.8 Å². The molecule has 0 unspecified atom stereocenters. The first-order valence-electron chi connectivity index (χ1n) is 6.44. The van der Waals surface area contributed by atoms with E-state index >= 15 is 0 Å². The van der Waals surface area contributed by atoms with Crippen LogP contribution in [0.5, 0.6) is 0 Å². The zero-order valence-corrected chi connectivity index (χ0v) is 11.7. The molecular formula is C13H25NO4. The van der Waals surface area contributed by atoms with E-state index in [2.05, 4.69) is 19.2 Å². The van der Waals surface area contributed by atoms with Crippen LogP contribution in [0, 0.1) is 5.92 Å². The van der Waals surface area contributed by atoms with Crippen LogP contribution < -0.4 is 5.32 Å². The predicted molar refractivity (Wildman–Crippen MR) is 69.4 cm³/mol. The summed E-state index contributed by atoms with van der Waals surface area (Å²) in [4.78, 5) is 21.9. The zero-order valence-electron chi connectivity index (χ0n) is 11.7. The summed E-state index contributed by atoms with van der Waals surface area (Å²) >= 11 is 0. The minimum atomic E-state index is 0.00687. The van der Waals surface area contributed by atoms with Crippen molar-refractivity contribution in [2.24, 2.45) is 5.92 Å². The van der Waals surface area contributed by atoms with E-state index in [9.17, 15) is 9.59 Å². The Morgan fingerprint density at radius 1 is 1.11 bits per heavy atom. The number of carbonyl (C=O) groups excluding carboxylic acids is 2. The number of Topliss-reactive ketones (excluding diaryl/α,β-unsaturated/α-hetero) is 1. The SMILES string of the molecule is CC(=O)COCCOCCNC(=O)CCC(C)C. The number of nitrogens with one attached hydrogen (secondary N) is 1. The maximum absolute atomic E-state index is 11.3. The highest BCUT2D eigenvalue weighted by atomic mass is 16.5. The molecule has 1 amide bonds. The zero-order chi connectivity index (χ0) is 13.8. The first-order valence-corrected chi connectivity index (χ1v) is 6.44. The molecule has 0 heterocycles. The van der Waals surface area contributed by atoms with Crippen LogP contribution >= 0.6 is 0 Å². The Labute approximate surface area is 109 Å². The molecule has 5 nitrogen and oxygen atoms in total. The van der Waals surface area contributed by atoms with Gasteiger partial charge in [-0.2, -0.15) is 0 Å². The van der Waals surface area contributed by atoms with E-state index in [-0.39, 0.29) is 18.3 Å². The van der Waals surface area contributed by atoms with E-state index < -0.39 is 0 Å². The van der Waals surface area contributed by atoms with Crippen molar-refractivity contribution in [3.05, 3.63) is 0 Å². The second-order valence-corrected chi connectivity index (χ2v) is 4.65. The quantitative estimate of drug-likeness (QED) is 0.566. The summed E-state index contributed by atoms with van der Waals surface area (Å²) in [5.41, 5.74) is 0. The molecule has 0 rings (SSSR count). The lowest BCUT2D eigenvalue weighted by Gasteiger charge is -2.07. The third kappa shape index (κ3) is 13.1. The number of hydrogen-bond acceptors (Lipinski definition) is 4. The summed E-state index contributed by atoms with van der Waals surface area (Å²) < 4.78 is 10.3. The minimum Gasteiger partial charge on any atom is -0.377 e. The van der Waals surface area contributed by atoms with Crippen molar-refractivity contribution in [2.45, 2.75) is 33.6 Å². The van der Waals surface area contributed by atoms with Gasteiger partial charge in [-0.25, -0.2) is 0 Å². The van der Waals surface area contributed by atoms with Gasteiger partial charge in [0.05, 0.1) is 19.8 Å². The molecule has 0 aliphatic carbocycles. The summed E-state index contributed by atoms with van der Waals surface area (Å²) in [5.74, 6) is 0.623. The van der Waals surface area contributed by atoms with Crippen LogP contribution in [0.3, 0.4) is 0 Å². The highest BCUT2D eigenvalue weighted by Gasteiger charge is 2.02. The molecule has 0 aromatic heterocycles. The van der Waals surface area contributed by atoms with E-state index in [1.165, 1.54) is 6.92 Å². The van der Waals surface area contributed by atoms with Gasteiger partial charge in [0.25, 0.3) is 0 Å². The van der Waals surface area contributed by atoms with Crippen LogP contribution in [0.15, 0.2) is 0 Å². The van der Waals surface area contributed by atoms with E-state index in [0.29, 0.717) is 38.7 Å². The predicted octanol–water partition coefficient (Wildman–Crippen LogP) is 1.16. The highest BCUT2D eigenvalue weighted by molar-refractivity contribution is 5.76. The first-order chi connectivity index (χ1) is 8.52. The van der Waals surface area contributed by atoms with E-state index in [0.717, 1.165) is 6.42 Å². The fourth-order valence-electron chi connectivity index (χ4n) is 1.21. The van der Waals surface area contributed by atoms with E-state index in [1.807, 2.05) is 0 Å². The molecule has 0 aromatic carbocycles. The molecule has 0 aliphatic rings. The Morgan fingerprint density at radius 2 is 1.78 bits per heavy atom. The lowest BCUT2D eigenvalue weighted by Crippen LogP contribution is -2.27. The lowest BCUT2D eigenvalue weighted by molar-refractivity contribution is -0.123. The largest absolute Gasteiger partial charge is 0.377 e. The van der Waals surface area contributed by atoms with Crippen molar-refractivity contribution in [1.29, 1.82) is 0 Å². The second kappa shape index (κ2) is 11.2. The van der Waals surface area contributed by atoms with Gasteiger partial charge in [-0.05, 0) is 19.3 Å². The molecule has 0 radical (unpaired) electrons. The fraction of sp³-hybridized carbons (Fsp3) is 0.846. The van der Waals surface area contributed by atoms with Crippen molar-refractivity contribution >= 4 is 11.7 Å². The van der Waals surface area contributed by atoms with Crippen LogP contribution in [-0.2, 0) is 19.1 Å². The molecule has 0 atom stereocenters. The number of hydrogen-bond donors (Lipinski definition) is 1. The van der Waals surface area contributed by atoms with Gasteiger partial charge in [-0.15, -0.1) is 0 Å². The van der Waals surface area contributed by atoms with Crippen molar-refractivity contribution in [2.75, 3.05) is 33.0 Å². The summed E-state index contributed by atoms with van der Waals surface area (Å²) in [6.07, 6.45) is 1.48. The van der Waals surface area contributed by atoms with Gasteiger partial charge in [0.15, 0.2) is 5.78 Å². The maximum Gasteiger partial charge on any atom is 0.220 e. The molecule has 18 heavy (non-hydrogen) atoms. The number of amides is 1. The summed E-state index contributed by atoms with van der Waals surface area (Å²) in [7, 11) is 0. The molecule has 5 heteroatoms. The molecule has 0 saturated heterocycles. The van der Waals surface area contributed by atoms with Crippen LogP contribution in [-0.4, -0.2) is 44.7 Å². The van der Waals surface area contributed by atoms with Gasteiger partial charge in [0.1, 0.15) is 6.61 Å². The van der Waals surface area contributed by atoms with Crippen LogP contribution in [0.2, 0.25) is 0 Å². The van der Waals surface area contributed by atoms with Gasteiger partial charge in [0, 0.05) is 13.0 Å². The molecule has 0 bridgehead atoms. The van der Waals surface area contributed by atoms with Crippen molar-refractivity contribution < 1.29 is 19.1 Å². The van der Waals surface area contributed by atoms with Crippen molar-refractivity contribution in [3.63, 3.8) is 0 Å². The molecule has 0 fully saturated rings. The lowest BCUT2D eigenvalue weighted by atomic mass is 10.1. The Balaban J connectivity index is 3.20. The summed E-state index contributed by atoms with van der Waals surface area (Å²) in [6, 6.07) is 0. The molecule has 0 aliphatic heterocycles. The number of rotatable bonds is 11. The van der Waals surface area contributed by atoms with Crippen molar-refractivity contribution in [3.8, 4) is 0 Å². The first kappa shape index (κ1) is 17.1. The van der Waals surface area contributed by atoms with Gasteiger partial charge in [-0.3, -0.25) is 9.59 Å².